The monoisotopic (exact) mass is 476 g/mol. The Bertz CT molecular complexity index is 985. The molecule has 1 fully saturated rings. The number of rotatable bonds is 4. The summed E-state index contributed by atoms with van der Waals surface area (Å²) in [5.74, 6) is -1.51. The molecule has 1 saturated heterocycles. The van der Waals surface area contributed by atoms with Gasteiger partial charge in [-0.1, -0.05) is 6.07 Å². The van der Waals surface area contributed by atoms with Gasteiger partial charge in [-0.05, 0) is 66.9 Å². The Labute approximate surface area is 186 Å². The number of hydrogen-bond acceptors (Lipinski definition) is 2. The van der Waals surface area contributed by atoms with Crippen molar-refractivity contribution in [1.82, 2.24) is 10.2 Å². The minimum atomic E-state index is -4.92. The Morgan fingerprint density at radius 1 is 1.03 bits per heavy atom. The average Bonchev–Trinajstić information content (AvgIpc) is 2.71. The molecule has 0 saturated carbocycles. The fourth-order valence-electron chi connectivity index (χ4n) is 4.40. The molecule has 1 amide bonds. The van der Waals surface area contributed by atoms with Gasteiger partial charge in [-0.3, -0.25) is 9.69 Å². The molecule has 10 heteroatoms. The summed E-state index contributed by atoms with van der Waals surface area (Å²) in [4.78, 5) is 14.2. The molecule has 2 atom stereocenters. The van der Waals surface area contributed by atoms with E-state index in [1.165, 1.54) is 19.2 Å². The summed E-state index contributed by atoms with van der Waals surface area (Å²) >= 11 is 0. The number of nitrogens with zero attached hydrogens (tertiary/aromatic N) is 1. The number of carbonyl (C=O) groups is 1. The Hall–Kier alpha value is -2.62. The van der Waals surface area contributed by atoms with Gasteiger partial charge in [0.15, 0.2) is 0 Å². The van der Waals surface area contributed by atoms with Crippen molar-refractivity contribution in [2.24, 2.45) is 5.92 Å². The van der Waals surface area contributed by atoms with Crippen molar-refractivity contribution in [3.63, 3.8) is 0 Å². The van der Waals surface area contributed by atoms with E-state index in [4.69, 9.17) is 0 Å². The van der Waals surface area contributed by atoms with E-state index >= 15 is 0 Å². The van der Waals surface area contributed by atoms with Gasteiger partial charge in [0.1, 0.15) is 5.82 Å². The largest absolute Gasteiger partial charge is 0.416 e. The minimum absolute atomic E-state index is 0.103. The lowest BCUT2D eigenvalue weighted by molar-refractivity contribution is -0.143. The van der Waals surface area contributed by atoms with Crippen molar-refractivity contribution >= 4 is 5.91 Å². The number of likely N-dealkylation sites (tertiary alicyclic amines) is 1. The summed E-state index contributed by atoms with van der Waals surface area (Å²) in [6.07, 6.45) is -9.49. The molecule has 1 aliphatic rings. The number of alkyl halides is 6. The average molecular weight is 476 g/mol. The normalized spacial score (nSPS) is 20.0. The predicted octanol–water partition coefficient (Wildman–Crippen LogP) is 5.52. The van der Waals surface area contributed by atoms with Crippen LogP contribution in [0.5, 0.6) is 0 Å². The van der Waals surface area contributed by atoms with Crippen LogP contribution in [0.25, 0.3) is 0 Å². The maximum atomic E-state index is 13.6. The third kappa shape index (κ3) is 5.85. The lowest BCUT2D eigenvalue weighted by Gasteiger charge is -2.38. The Balaban J connectivity index is 1.93. The van der Waals surface area contributed by atoms with Crippen molar-refractivity contribution in [2.45, 2.75) is 38.2 Å². The van der Waals surface area contributed by atoms with E-state index < -0.39 is 41.1 Å². The number of halogens is 7. The molecule has 0 aliphatic carbocycles. The zero-order valence-electron chi connectivity index (χ0n) is 17.9. The third-order valence-corrected chi connectivity index (χ3v) is 5.97. The topological polar surface area (TPSA) is 32.3 Å². The van der Waals surface area contributed by atoms with Crippen LogP contribution in [0.2, 0.25) is 0 Å². The van der Waals surface area contributed by atoms with Gasteiger partial charge in [0.2, 0.25) is 5.91 Å². The predicted molar refractivity (Wildman–Crippen MR) is 108 cm³/mol. The van der Waals surface area contributed by atoms with Crippen LogP contribution in [0.4, 0.5) is 30.7 Å². The first-order chi connectivity index (χ1) is 15.3. The van der Waals surface area contributed by atoms with Gasteiger partial charge < -0.3 is 5.32 Å². The van der Waals surface area contributed by atoms with Crippen molar-refractivity contribution in [3.8, 4) is 0 Å². The first-order valence-corrected chi connectivity index (χ1v) is 10.3. The maximum absolute atomic E-state index is 13.6. The molecule has 3 nitrogen and oxygen atoms in total. The Morgan fingerprint density at radius 3 is 2.15 bits per heavy atom. The molecule has 1 aliphatic heterocycles. The highest BCUT2D eigenvalue weighted by molar-refractivity contribution is 5.79. The SMILES string of the molecule is CNC(=O)C1CCN(Cc2cc(C(F)(F)F)cc(C(F)(F)F)c2)CC1c1ccc(F)cc1C. The van der Waals surface area contributed by atoms with E-state index in [1.807, 2.05) is 0 Å². The lowest BCUT2D eigenvalue weighted by Crippen LogP contribution is -2.44. The number of nitrogens with one attached hydrogen (secondary N) is 1. The van der Waals surface area contributed by atoms with Gasteiger partial charge in [0.25, 0.3) is 0 Å². The fourth-order valence-corrected chi connectivity index (χ4v) is 4.40. The molecule has 2 unspecified atom stereocenters. The molecule has 1 heterocycles. The summed E-state index contributed by atoms with van der Waals surface area (Å²) in [5.41, 5.74) is -1.51. The maximum Gasteiger partial charge on any atom is 0.416 e. The van der Waals surface area contributed by atoms with Crippen molar-refractivity contribution in [2.75, 3.05) is 20.1 Å². The van der Waals surface area contributed by atoms with Crippen molar-refractivity contribution < 1.29 is 35.5 Å². The second kappa shape index (κ2) is 9.32. The van der Waals surface area contributed by atoms with Gasteiger partial charge in [0.05, 0.1) is 11.1 Å². The van der Waals surface area contributed by atoms with E-state index in [2.05, 4.69) is 5.32 Å². The number of piperidine rings is 1. The Morgan fingerprint density at radius 2 is 1.64 bits per heavy atom. The van der Waals surface area contributed by atoms with E-state index in [0.717, 1.165) is 17.7 Å². The molecule has 1 N–H and O–H groups in total. The number of benzene rings is 2. The summed E-state index contributed by atoms with van der Waals surface area (Å²) < 4.78 is 92.8. The quantitative estimate of drug-likeness (QED) is 0.590. The van der Waals surface area contributed by atoms with E-state index in [9.17, 15) is 35.5 Å². The van der Waals surface area contributed by atoms with Crippen LogP contribution in [0.1, 0.15) is 40.2 Å². The van der Waals surface area contributed by atoms with Crippen molar-refractivity contribution in [3.05, 3.63) is 70.0 Å². The van der Waals surface area contributed by atoms with Crippen LogP contribution in [-0.4, -0.2) is 30.9 Å². The Kier molecular flexibility index (Phi) is 7.07. The third-order valence-electron chi connectivity index (χ3n) is 5.97. The lowest BCUT2D eigenvalue weighted by atomic mass is 9.78. The smallest absolute Gasteiger partial charge is 0.359 e. The molecule has 3 rings (SSSR count). The van der Waals surface area contributed by atoms with Gasteiger partial charge in [-0.2, -0.15) is 26.3 Å². The van der Waals surface area contributed by atoms with E-state index in [1.54, 1.807) is 17.9 Å². The van der Waals surface area contributed by atoms with E-state index in [0.29, 0.717) is 18.5 Å². The molecule has 0 aromatic heterocycles. The first-order valence-electron chi connectivity index (χ1n) is 10.3. The molecular formula is C23H23F7N2O. The standard InChI is InChI=1S/C23H23F7N2O/c1-13-7-17(24)3-4-18(13)20-12-32(6-5-19(20)21(33)31-2)11-14-8-15(22(25,26)27)10-16(9-14)23(28,29)30/h3-4,7-10,19-20H,5-6,11-12H2,1-2H3,(H,31,33). The van der Waals surface area contributed by atoms with Crippen LogP contribution >= 0.6 is 0 Å². The highest BCUT2D eigenvalue weighted by Crippen LogP contribution is 2.38. The van der Waals surface area contributed by atoms with Crippen LogP contribution in [0.15, 0.2) is 36.4 Å². The van der Waals surface area contributed by atoms with Gasteiger partial charge in [-0.15, -0.1) is 0 Å². The zero-order valence-corrected chi connectivity index (χ0v) is 17.9. The minimum Gasteiger partial charge on any atom is -0.359 e. The number of carbonyl (C=O) groups excluding carboxylic acids is 1. The van der Waals surface area contributed by atoms with Gasteiger partial charge in [-0.25, -0.2) is 4.39 Å². The van der Waals surface area contributed by atoms with Gasteiger partial charge in [0, 0.05) is 32.0 Å². The molecule has 2 aromatic rings. The molecule has 0 bridgehead atoms. The number of amides is 1. The van der Waals surface area contributed by atoms with Crippen LogP contribution < -0.4 is 5.32 Å². The molecular weight excluding hydrogens is 453 g/mol. The van der Waals surface area contributed by atoms with E-state index in [-0.39, 0.29) is 30.6 Å². The van der Waals surface area contributed by atoms with Crippen molar-refractivity contribution in [1.29, 1.82) is 0 Å². The fraction of sp³-hybridized carbons (Fsp3) is 0.435. The van der Waals surface area contributed by atoms with Crippen LogP contribution in [0, 0.1) is 18.7 Å². The zero-order chi connectivity index (χ0) is 24.6. The highest BCUT2D eigenvalue weighted by atomic mass is 19.4. The highest BCUT2D eigenvalue weighted by Gasteiger charge is 2.38. The molecule has 180 valence electrons. The second-order valence-electron chi connectivity index (χ2n) is 8.27. The van der Waals surface area contributed by atoms with Crippen LogP contribution in [0.3, 0.4) is 0 Å². The number of aryl methyl sites for hydroxylation is 1. The van der Waals surface area contributed by atoms with Gasteiger partial charge >= 0.3 is 12.4 Å². The molecule has 2 aromatic carbocycles. The summed E-state index contributed by atoms with van der Waals surface area (Å²) in [6.45, 7) is 2.08. The summed E-state index contributed by atoms with van der Waals surface area (Å²) in [5, 5.41) is 2.60. The summed E-state index contributed by atoms with van der Waals surface area (Å²) in [6, 6.07) is 5.71. The first kappa shape index (κ1) is 25.0. The molecule has 33 heavy (non-hydrogen) atoms. The second-order valence-corrected chi connectivity index (χ2v) is 8.27. The molecule has 0 spiro atoms. The van der Waals surface area contributed by atoms with Crippen LogP contribution in [-0.2, 0) is 23.7 Å². The molecule has 0 radical (unpaired) electrons. The summed E-state index contributed by atoms with van der Waals surface area (Å²) in [7, 11) is 1.49. The number of hydrogen-bond donors (Lipinski definition) is 1.